The molecule has 2 N–H and O–H groups in total. The summed E-state index contributed by atoms with van der Waals surface area (Å²) in [7, 11) is 0. The van der Waals surface area contributed by atoms with Crippen LogP contribution in [0.2, 0.25) is 0 Å². The van der Waals surface area contributed by atoms with Gasteiger partial charge in [-0.15, -0.1) is 0 Å². The van der Waals surface area contributed by atoms with Crippen LogP contribution in [0.15, 0.2) is 24.4 Å². The number of nitrogens with one attached hydrogen (secondary N) is 2. The van der Waals surface area contributed by atoms with Crippen LogP contribution in [-0.2, 0) is 6.42 Å². The molecule has 2 rings (SSSR count). The maximum Gasteiger partial charge on any atom is 0.0994 e. The second-order valence-electron chi connectivity index (χ2n) is 4.69. The molecule has 2 aromatic rings. The van der Waals surface area contributed by atoms with Crippen molar-refractivity contribution in [2.45, 2.75) is 26.7 Å². The van der Waals surface area contributed by atoms with Crippen LogP contribution in [0.4, 0.5) is 5.69 Å². The lowest BCUT2D eigenvalue weighted by Gasteiger charge is -2.07. The van der Waals surface area contributed by atoms with Crippen molar-refractivity contribution in [3.05, 3.63) is 46.8 Å². The van der Waals surface area contributed by atoms with Crippen LogP contribution in [0.25, 0.3) is 0 Å². The predicted molar refractivity (Wildman–Crippen MR) is 76.0 cm³/mol. The Kier molecular flexibility index (Phi) is 4.19. The molecule has 0 radical (unpaired) electrons. The van der Waals surface area contributed by atoms with Crippen molar-refractivity contribution in [1.29, 1.82) is 5.26 Å². The first-order valence-electron chi connectivity index (χ1n) is 6.44. The lowest BCUT2D eigenvalue weighted by molar-refractivity contribution is 0.857. The maximum atomic E-state index is 8.88. The molecule has 1 heterocycles. The Morgan fingerprint density at radius 2 is 2.21 bits per heavy atom. The van der Waals surface area contributed by atoms with Gasteiger partial charge in [0.05, 0.1) is 17.8 Å². The summed E-state index contributed by atoms with van der Waals surface area (Å²) in [5.41, 5.74) is 5.24. The molecule has 0 aliphatic rings. The van der Waals surface area contributed by atoms with Crippen molar-refractivity contribution in [3.8, 4) is 6.07 Å². The zero-order valence-electron chi connectivity index (χ0n) is 11.3. The zero-order valence-corrected chi connectivity index (χ0v) is 11.3. The van der Waals surface area contributed by atoms with Gasteiger partial charge in [0, 0.05) is 17.9 Å². The topological polar surface area (TPSA) is 64.5 Å². The number of aromatic nitrogens is 2. The van der Waals surface area contributed by atoms with Gasteiger partial charge in [-0.05, 0) is 56.0 Å². The minimum absolute atomic E-state index is 0.736. The van der Waals surface area contributed by atoms with E-state index in [4.69, 9.17) is 5.26 Å². The molecule has 0 aliphatic carbocycles. The molecule has 0 spiro atoms. The van der Waals surface area contributed by atoms with Gasteiger partial charge < -0.3 is 5.32 Å². The van der Waals surface area contributed by atoms with Crippen LogP contribution in [0.3, 0.4) is 0 Å². The summed E-state index contributed by atoms with van der Waals surface area (Å²) in [4.78, 5) is 0. The third-order valence-corrected chi connectivity index (χ3v) is 3.23. The summed E-state index contributed by atoms with van der Waals surface area (Å²) < 4.78 is 0. The lowest BCUT2D eigenvalue weighted by atomic mass is 10.1. The first-order valence-corrected chi connectivity index (χ1v) is 6.44. The Hall–Kier alpha value is -2.28. The number of nitriles is 1. The van der Waals surface area contributed by atoms with Gasteiger partial charge in [0.25, 0.3) is 0 Å². The second kappa shape index (κ2) is 6.05. The van der Waals surface area contributed by atoms with Crippen LogP contribution in [0.5, 0.6) is 0 Å². The largest absolute Gasteiger partial charge is 0.385 e. The number of nitrogens with zero attached hydrogens (tertiary/aromatic N) is 2. The van der Waals surface area contributed by atoms with Gasteiger partial charge in [0.1, 0.15) is 0 Å². The van der Waals surface area contributed by atoms with E-state index in [9.17, 15) is 0 Å². The summed E-state index contributed by atoms with van der Waals surface area (Å²) >= 11 is 0. The van der Waals surface area contributed by atoms with Gasteiger partial charge >= 0.3 is 0 Å². The highest BCUT2D eigenvalue weighted by atomic mass is 15.1. The molecule has 1 aromatic carbocycles. The fourth-order valence-electron chi connectivity index (χ4n) is 2.04. The highest BCUT2D eigenvalue weighted by molar-refractivity contribution is 5.51. The van der Waals surface area contributed by atoms with Crippen molar-refractivity contribution in [1.82, 2.24) is 10.2 Å². The molecule has 19 heavy (non-hydrogen) atoms. The number of aromatic amines is 1. The number of hydrogen-bond acceptors (Lipinski definition) is 3. The van der Waals surface area contributed by atoms with E-state index < -0.39 is 0 Å². The predicted octanol–water partition coefficient (Wildman–Crippen LogP) is 2.94. The molecule has 0 aliphatic heterocycles. The molecule has 0 amide bonds. The van der Waals surface area contributed by atoms with Gasteiger partial charge in [0.2, 0.25) is 0 Å². The fraction of sp³-hybridized carbons (Fsp3) is 0.333. The van der Waals surface area contributed by atoms with Crippen LogP contribution >= 0.6 is 0 Å². The van der Waals surface area contributed by atoms with E-state index in [0.29, 0.717) is 0 Å². The maximum absolute atomic E-state index is 8.88. The first-order chi connectivity index (χ1) is 9.20. The third-order valence-electron chi connectivity index (χ3n) is 3.23. The molecule has 0 atom stereocenters. The molecular formula is C15H18N4. The van der Waals surface area contributed by atoms with Crippen molar-refractivity contribution < 1.29 is 0 Å². The highest BCUT2D eigenvalue weighted by Gasteiger charge is 2.01. The van der Waals surface area contributed by atoms with Gasteiger partial charge in [0.15, 0.2) is 0 Å². The Bertz CT molecular complexity index is 592. The van der Waals surface area contributed by atoms with Crippen molar-refractivity contribution in [2.75, 3.05) is 11.9 Å². The van der Waals surface area contributed by atoms with E-state index in [-0.39, 0.29) is 0 Å². The minimum Gasteiger partial charge on any atom is -0.385 e. The number of anilines is 1. The monoisotopic (exact) mass is 254 g/mol. The molecule has 4 heteroatoms. The molecule has 1 aromatic heterocycles. The van der Waals surface area contributed by atoms with Crippen LogP contribution in [0.1, 0.15) is 28.8 Å². The number of hydrogen-bond donors (Lipinski definition) is 2. The quantitative estimate of drug-likeness (QED) is 0.806. The number of benzene rings is 1. The molecule has 0 bridgehead atoms. The minimum atomic E-state index is 0.736. The van der Waals surface area contributed by atoms with E-state index in [1.807, 2.05) is 38.2 Å². The summed E-state index contributed by atoms with van der Waals surface area (Å²) in [5, 5.41) is 19.2. The SMILES string of the molecule is Cc1cc(NCCCc2cn[nH]c2C)ccc1C#N. The zero-order chi connectivity index (χ0) is 13.7. The van der Waals surface area contributed by atoms with E-state index in [2.05, 4.69) is 21.6 Å². The average Bonchev–Trinajstić information content (AvgIpc) is 2.80. The number of aryl methyl sites for hydroxylation is 3. The van der Waals surface area contributed by atoms with E-state index in [1.54, 1.807) is 0 Å². The molecule has 0 unspecified atom stereocenters. The van der Waals surface area contributed by atoms with E-state index in [0.717, 1.165) is 41.9 Å². The fourth-order valence-corrected chi connectivity index (χ4v) is 2.04. The van der Waals surface area contributed by atoms with Crippen LogP contribution < -0.4 is 5.32 Å². The summed E-state index contributed by atoms with van der Waals surface area (Å²) in [5.74, 6) is 0. The number of H-pyrrole nitrogens is 1. The van der Waals surface area contributed by atoms with Gasteiger partial charge in [-0.1, -0.05) is 0 Å². The van der Waals surface area contributed by atoms with E-state index >= 15 is 0 Å². The average molecular weight is 254 g/mol. The second-order valence-corrected chi connectivity index (χ2v) is 4.69. The standard InChI is InChI=1S/C15H18N4/c1-11-8-15(6-5-13(11)9-16)17-7-3-4-14-10-18-19-12(14)2/h5-6,8,10,17H,3-4,7H2,1-2H3,(H,18,19). The van der Waals surface area contributed by atoms with Gasteiger partial charge in [-0.25, -0.2) is 0 Å². The highest BCUT2D eigenvalue weighted by Crippen LogP contribution is 2.14. The number of rotatable bonds is 5. The summed E-state index contributed by atoms with van der Waals surface area (Å²) in [6.45, 7) is 4.91. The van der Waals surface area contributed by atoms with Crippen molar-refractivity contribution in [3.63, 3.8) is 0 Å². The van der Waals surface area contributed by atoms with Gasteiger partial charge in [-0.3, -0.25) is 5.10 Å². The van der Waals surface area contributed by atoms with E-state index in [1.165, 1.54) is 5.56 Å². The van der Waals surface area contributed by atoms with Crippen LogP contribution in [-0.4, -0.2) is 16.7 Å². The Labute approximate surface area is 113 Å². The molecular weight excluding hydrogens is 236 g/mol. The summed E-state index contributed by atoms with van der Waals surface area (Å²) in [6.07, 6.45) is 3.96. The Morgan fingerprint density at radius 1 is 1.37 bits per heavy atom. The van der Waals surface area contributed by atoms with Gasteiger partial charge in [-0.2, -0.15) is 10.4 Å². The van der Waals surface area contributed by atoms with Crippen molar-refractivity contribution in [2.24, 2.45) is 0 Å². The Balaban J connectivity index is 1.82. The molecule has 0 saturated carbocycles. The normalized spacial score (nSPS) is 10.2. The molecule has 0 saturated heterocycles. The molecule has 0 fully saturated rings. The van der Waals surface area contributed by atoms with Crippen molar-refractivity contribution >= 4 is 5.69 Å². The summed E-state index contributed by atoms with van der Waals surface area (Å²) in [6, 6.07) is 8.00. The third kappa shape index (κ3) is 3.35. The molecule has 4 nitrogen and oxygen atoms in total. The Morgan fingerprint density at radius 3 is 2.84 bits per heavy atom. The first kappa shape index (κ1) is 13.2. The molecule has 98 valence electrons. The smallest absolute Gasteiger partial charge is 0.0994 e. The lowest BCUT2D eigenvalue weighted by Crippen LogP contribution is -2.03. The van der Waals surface area contributed by atoms with Crippen LogP contribution in [0, 0.1) is 25.2 Å².